The molecule has 4 heteroatoms. The Balaban J connectivity index is 2.65. The summed E-state index contributed by atoms with van der Waals surface area (Å²) in [5.74, 6) is -1.54. The molecule has 0 radical (unpaired) electrons. The van der Waals surface area contributed by atoms with Crippen molar-refractivity contribution in [3.8, 4) is 0 Å². The van der Waals surface area contributed by atoms with Crippen LogP contribution in [0.4, 0.5) is 14.5 Å². The van der Waals surface area contributed by atoms with E-state index in [-0.39, 0.29) is 6.04 Å². The van der Waals surface area contributed by atoms with Crippen molar-refractivity contribution in [2.75, 3.05) is 4.90 Å². The minimum Gasteiger partial charge on any atom is -0.330 e. The number of rotatable bonds is 1. The van der Waals surface area contributed by atoms with Gasteiger partial charge in [0.05, 0.1) is 10.7 Å². The van der Waals surface area contributed by atoms with Crippen molar-refractivity contribution in [3.63, 3.8) is 0 Å². The Bertz CT molecular complexity index is 469. The van der Waals surface area contributed by atoms with E-state index >= 15 is 0 Å². The van der Waals surface area contributed by atoms with Crippen molar-refractivity contribution >= 4 is 22.9 Å². The third kappa shape index (κ3) is 1.52. The summed E-state index contributed by atoms with van der Waals surface area (Å²) in [6.07, 6.45) is 0.529. The molecule has 1 aromatic carbocycles. The average molecular weight is 241 g/mol. The lowest BCUT2D eigenvalue weighted by Crippen LogP contribution is -2.33. The van der Waals surface area contributed by atoms with Gasteiger partial charge >= 0.3 is 0 Å². The first-order valence-corrected chi connectivity index (χ1v) is 5.63. The van der Waals surface area contributed by atoms with Gasteiger partial charge in [0.1, 0.15) is 0 Å². The number of nitrogens with zero attached hydrogens (tertiary/aromatic N) is 1. The fraction of sp³-hybridized carbons (Fsp3) is 0.417. The van der Waals surface area contributed by atoms with Gasteiger partial charge in [0.2, 0.25) is 0 Å². The molecule has 1 heterocycles. The molecule has 16 heavy (non-hydrogen) atoms. The molecule has 0 aromatic heterocycles. The number of hydrogen-bond acceptors (Lipinski definition) is 1. The molecule has 0 aliphatic carbocycles. The highest BCUT2D eigenvalue weighted by Gasteiger charge is 2.31. The second kappa shape index (κ2) is 3.77. The number of anilines is 1. The van der Waals surface area contributed by atoms with Gasteiger partial charge in [0, 0.05) is 12.5 Å². The summed E-state index contributed by atoms with van der Waals surface area (Å²) < 4.78 is 27.4. The number of thiocarbonyl (C=S) groups is 1. The summed E-state index contributed by atoms with van der Waals surface area (Å²) in [5, 5.41) is 0. The molecule has 1 aliphatic heterocycles. The molecule has 0 spiro atoms. The van der Waals surface area contributed by atoms with Gasteiger partial charge in [-0.3, -0.25) is 0 Å². The lowest BCUT2D eigenvalue weighted by molar-refractivity contribution is 0.502. The van der Waals surface area contributed by atoms with Crippen LogP contribution in [0.15, 0.2) is 6.07 Å². The predicted octanol–water partition coefficient (Wildman–Crippen LogP) is 3.37. The van der Waals surface area contributed by atoms with Crippen molar-refractivity contribution in [1.82, 2.24) is 0 Å². The molecule has 0 atom stereocenters. The number of hydrogen-bond donors (Lipinski definition) is 0. The number of benzene rings is 1. The maximum atomic E-state index is 13.9. The van der Waals surface area contributed by atoms with Crippen LogP contribution in [0.1, 0.15) is 25.0 Å². The fourth-order valence-corrected chi connectivity index (χ4v) is 2.58. The van der Waals surface area contributed by atoms with Gasteiger partial charge in [-0.05, 0) is 31.9 Å². The summed E-state index contributed by atoms with van der Waals surface area (Å²) in [5.41, 5.74) is 1.45. The van der Waals surface area contributed by atoms with Crippen LogP contribution in [0.25, 0.3) is 0 Å². The first-order valence-electron chi connectivity index (χ1n) is 5.23. The Morgan fingerprint density at radius 1 is 1.31 bits per heavy atom. The van der Waals surface area contributed by atoms with E-state index in [4.69, 9.17) is 12.2 Å². The third-order valence-electron chi connectivity index (χ3n) is 2.81. The van der Waals surface area contributed by atoms with E-state index in [1.165, 1.54) is 0 Å². The molecule has 0 N–H and O–H groups in total. The lowest BCUT2D eigenvalue weighted by atomic mass is 10.1. The van der Waals surface area contributed by atoms with Gasteiger partial charge in [-0.15, -0.1) is 0 Å². The highest BCUT2D eigenvalue weighted by Crippen LogP contribution is 2.36. The van der Waals surface area contributed by atoms with Crippen molar-refractivity contribution in [2.24, 2.45) is 0 Å². The molecule has 0 amide bonds. The first-order chi connectivity index (χ1) is 7.43. The summed E-state index contributed by atoms with van der Waals surface area (Å²) >= 11 is 5.20. The number of aryl methyl sites for hydroxylation is 1. The number of halogens is 2. The van der Waals surface area contributed by atoms with Gasteiger partial charge in [-0.25, -0.2) is 8.78 Å². The molecule has 1 aromatic rings. The third-order valence-corrected chi connectivity index (χ3v) is 3.15. The monoisotopic (exact) mass is 241 g/mol. The van der Waals surface area contributed by atoms with E-state index in [0.717, 1.165) is 5.56 Å². The maximum Gasteiger partial charge on any atom is 0.183 e. The summed E-state index contributed by atoms with van der Waals surface area (Å²) in [6.45, 7) is 5.40. The van der Waals surface area contributed by atoms with Gasteiger partial charge in [0.15, 0.2) is 11.6 Å². The van der Waals surface area contributed by atoms with Crippen LogP contribution >= 0.6 is 12.2 Å². The molecule has 1 aliphatic rings. The summed E-state index contributed by atoms with van der Waals surface area (Å²) in [6, 6.07) is 1.73. The molecule has 0 saturated carbocycles. The molecular formula is C12H13F2NS. The standard InChI is InChI=1S/C12H13F2NS/c1-6(2)15-9(16)5-8-4-7(3)10(13)11(14)12(8)15/h4,6H,5H2,1-3H3. The van der Waals surface area contributed by atoms with E-state index in [2.05, 4.69) is 0 Å². The second-order valence-electron chi connectivity index (χ2n) is 4.36. The van der Waals surface area contributed by atoms with Gasteiger partial charge in [-0.2, -0.15) is 0 Å². The Hall–Kier alpha value is -1.03. The van der Waals surface area contributed by atoms with E-state index in [0.29, 0.717) is 22.7 Å². The maximum absolute atomic E-state index is 13.9. The van der Waals surface area contributed by atoms with Crippen LogP contribution in [0, 0.1) is 18.6 Å². The zero-order valence-corrected chi connectivity index (χ0v) is 10.3. The van der Waals surface area contributed by atoms with E-state index in [1.807, 2.05) is 13.8 Å². The first kappa shape index (κ1) is 11.5. The Kier molecular flexibility index (Phi) is 2.70. The Labute approximate surface area is 99.1 Å². The Morgan fingerprint density at radius 3 is 2.50 bits per heavy atom. The zero-order chi connectivity index (χ0) is 12.0. The van der Waals surface area contributed by atoms with Crippen LogP contribution in [0.5, 0.6) is 0 Å². The summed E-state index contributed by atoms with van der Waals surface area (Å²) in [4.78, 5) is 2.36. The van der Waals surface area contributed by atoms with Gasteiger partial charge in [-0.1, -0.05) is 18.3 Å². The number of fused-ring (bicyclic) bond motifs is 1. The van der Waals surface area contributed by atoms with Crippen molar-refractivity contribution < 1.29 is 8.78 Å². The normalized spacial score (nSPS) is 14.9. The predicted molar refractivity (Wildman–Crippen MR) is 65.0 cm³/mol. The molecule has 0 bridgehead atoms. The topological polar surface area (TPSA) is 3.24 Å². The van der Waals surface area contributed by atoms with Crippen LogP contribution in [0.3, 0.4) is 0 Å². The zero-order valence-electron chi connectivity index (χ0n) is 9.47. The van der Waals surface area contributed by atoms with Crippen LogP contribution in [-0.2, 0) is 6.42 Å². The average Bonchev–Trinajstić information content (AvgIpc) is 2.51. The van der Waals surface area contributed by atoms with Crippen LogP contribution in [0.2, 0.25) is 0 Å². The second-order valence-corrected chi connectivity index (χ2v) is 4.83. The largest absolute Gasteiger partial charge is 0.330 e. The lowest BCUT2D eigenvalue weighted by Gasteiger charge is -2.24. The van der Waals surface area contributed by atoms with E-state index in [1.54, 1.807) is 17.9 Å². The van der Waals surface area contributed by atoms with Crippen LogP contribution < -0.4 is 4.90 Å². The van der Waals surface area contributed by atoms with Crippen LogP contribution in [-0.4, -0.2) is 11.0 Å². The molecule has 2 rings (SSSR count). The van der Waals surface area contributed by atoms with E-state index < -0.39 is 11.6 Å². The minimum atomic E-state index is -0.774. The molecular weight excluding hydrogens is 228 g/mol. The Morgan fingerprint density at radius 2 is 1.94 bits per heavy atom. The summed E-state index contributed by atoms with van der Waals surface area (Å²) in [7, 11) is 0. The molecule has 0 unspecified atom stereocenters. The highest BCUT2D eigenvalue weighted by molar-refractivity contribution is 7.80. The highest BCUT2D eigenvalue weighted by atomic mass is 32.1. The van der Waals surface area contributed by atoms with Gasteiger partial charge < -0.3 is 4.90 Å². The van der Waals surface area contributed by atoms with Gasteiger partial charge in [0.25, 0.3) is 0 Å². The minimum absolute atomic E-state index is 0.0466. The smallest absolute Gasteiger partial charge is 0.183 e. The quantitative estimate of drug-likeness (QED) is 0.693. The molecule has 1 nitrogen and oxygen atoms in total. The van der Waals surface area contributed by atoms with Crippen molar-refractivity contribution in [2.45, 2.75) is 33.2 Å². The van der Waals surface area contributed by atoms with E-state index in [9.17, 15) is 8.78 Å². The molecule has 0 fully saturated rings. The molecule has 0 saturated heterocycles. The van der Waals surface area contributed by atoms with Crippen molar-refractivity contribution in [3.05, 3.63) is 28.8 Å². The fourth-order valence-electron chi connectivity index (χ4n) is 2.13. The molecule has 86 valence electrons. The SMILES string of the molecule is Cc1cc2c(c(F)c1F)N(C(C)C)C(=S)C2. The van der Waals surface area contributed by atoms with Crippen molar-refractivity contribution in [1.29, 1.82) is 0 Å².